The smallest absolute Gasteiger partial charge is 0.163 e. The molecule has 1 aromatic heterocycles. The van der Waals surface area contributed by atoms with Gasteiger partial charge in [0.05, 0.1) is 13.3 Å². The number of aromatic nitrogens is 2. The summed E-state index contributed by atoms with van der Waals surface area (Å²) in [5, 5.41) is 15.8. The second-order valence-corrected chi connectivity index (χ2v) is 5.30. The average Bonchev–Trinajstić information content (AvgIpc) is 2.80. The minimum atomic E-state index is -0.893. The first kappa shape index (κ1) is 15.2. The molecule has 0 amide bonds. The summed E-state index contributed by atoms with van der Waals surface area (Å²) in [6, 6.07) is 4.99. The average molecular weight is 315 g/mol. The van der Waals surface area contributed by atoms with Crippen LogP contribution < -0.4 is 4.74 Å². The van der Waals surface area contributed by atoms with E-state index in [1.165, 1.54) is 0 Å². The number of nitrogens with zero attached hydrogens (tertiary/aromatic N) is 2. The molecule has 108 valence electrons. The monoisotopic (exact) mass is 314 g/mol. The van der Waals surface area contributed by atoms with Crippen molar-refractivity contribution in [3.05, 3.63) is 45.7 Å². The standard InChI is InChI=1S/C14H16Cl2N2O2/c1-3-4-18-13(12(20-2)8-17-18)14(19)9-5-10(15)7-11(16)6-9/h5-8,14,19H,3-4H2,1-2H3. The van der Waals surface area contributed by atoms with Crippen LogP contribution in [-0.2, 0) is 6.54 Å². The zero-order valence-corrected chi connectivity index (χ0v) is 12.8. The van der Waals surface area contributed by atoms with Crippen LogP contribution in [0.5, 0.6) is 5.75 Å². The van der Waals surface area contributed by atoms with Gasteiger partial charge >= 0.3 is 0 Å². The van der Waals surface area contributed by atoms with Crippen LogP contribution >= 0.6 is 23.2 Å². The van der Waals surface area contributed by atoms with E-state index in [0.29, 0.717) is 33.6 Å². The fraction of sp³-hybridized carbons (Fsp3) is 0.357. The molecular weight excluding hydrogens is 299 g/mol. The maximum atomic E-state index is 10.6. The summed E-state index contributed by atoms with van der Waals surface area (Å²) in [7, 11) is 1.55. The Hall–Kier alpha value is -1.23. The summed E-state index contributed by atoms with van der Waals surface area (Å²) in [6.45, 7) is 2.74. The molecule has 0 saturated heterocycles. The van der Waals surface area contributed by atoms with Crippen molar-refractivity contribution in [3.63, 3.8) is 0 Å². The molecule has 0 fully saturated rings. The number of hydrogen-bond acceptors (Lipinski definition) is 3. The fourth-order valence-corrected chi connectivity index (χ4v) is 2.63. The molecule has 20 heavy (non-hydrogen) atoms. The van der Waals surface area contributed by atoms with E-state index in [9.17, 15) is 5.11 Å². The van der Waals surface area contributed by atoms with Crippen LogP contribution in [0.4, 0.5) is 0 Å². The van der Waals surface area contributed by atoms with E-state index in [1.807, 2.05) is 6.92 Å². The predicted molar refractivity (Wildman–Crippen MR) is 79.6 cm³/mol. The van der Waals surface area contributed by atoms with Crippen molar-refractivity contribution in [1.29, 1.82) is 0 Å². The maximum absolute atomic E-state index is 10.6. The van der Waals surface area contributed by atoms with E-state index >= 15 is 0 Å². The number of hydrogen-bond donors (Lipinski definition) is 1. The third-order valence-corrected chi connectivity index (χ3v) is 3.40. The van der Waals surface area contributed by atoms with E-state index in [1.54, 1.807) is 36.2 Å². The molecule has 0 spiro atoms. The Balaban J connectivity index is 2.45. The van der Waals surface area contributed by atoms with E-state index in [-0.39, 0.29) is 0 Å². The lowest BCUT2D eigenvalue weighted by Gasteiger charge is -2.15. The first-order chi connectivity index (χ1) is 9.56. The number of halogens is 2. The number of benzene rings is 1. The third kappa shape index (κ3) is 3.08. The number of aryl methyl sites for hydroxylation is 1. The Morgan fingerprint density at radius 1 is 1.30 bits per heavy atom. The van der Waals surface area contributed by atoms with Crippen molar-refractivity contribution >= 4 is 23.2 Å². The van der Waals surface area contributed by atoms with Gasteiger partial charge in [0.1, 0.15) is 11.8 Å². The molecule has 1 atom stereocenters. The zero-order chi connectivity index (χ0) is 14.7. The second kappa shape index (κ2) is 6.48. The van der Waals surface area contributed by atoms with Crippen molar-refractivity contribution in [1.82, 2.24) is 9.78 Å². The largest absolute Gasteiger partial charge is 0.493 e. The highest BCUT2D eigenvalue weighted by molar-refractivity contribution is 6.34. The topological polar surface area (TPSA) is 47.3 Å². The summed E-state index contributed by atoms with van der Waals surface area (Å²) in [6.07, 6.45) is 1.61. The molecule has 1 N–H and O–H groups in total. The van der Waals surface area contributed by atoms with Gasteiger partial charge in [0.25, 0.3) is 0 Å². The number of ether oxygens (including phenoxy) is 1. The summed E-state index contributed by atoms with van der Waals surface area (Å²) in [4.78, 5) is 0. The summed E-state index contributed by atoms with van der Waals surface area (Å²) >= 11 is 12.0. The molecule has 0 aliphatic heterocycles. The van der Waals surface area contributed by atoms with Gasteiger partial charge in [-0.05, 0) is 30.2 Å². The zero-order valence-electron chi connectivity index (χ0n) is 11.3. The molecule has 2 rings (SSSR count). The second-order valence-electron chi connectivity index (χ2n) is 4.43. The lowest BCUT2D eigenvalue weighted by Crippen LogP contribution is -2.11. The molecule has 0 aliphatic carbocycles. The van der Waals surface area contributed by atoms with Gasteiger partial charge in [0, 0.05) is 16.6 Å². The quantitative estimate of drug-likeness (QED) is 0.915. The van der Waals surface area contributed by atoms with Gasteiger partial charge in [0.15, 0.2) is 5.75 Å². The Morgan fingerprint density at radius 3 is 2.50 bits per heavy atom. The van der Waals surface area contributed by atoms with Crippen LogP contribution in [-0.4, -0.2) is 22.0 Å². The van der Waals surface area contributed by atoms with E-state index < -0.39 is 6.10 Å². The van der Waals surface area contributed by atoms with Gasteiger partial charge in [0.2, 0.25) is 0 Å². The highest BCUT2D eigenvalue weighted by Gasteiger charge is 2.22. The molecule has 0 radical (unpaired) electrons. The van der Waals surface area contributed by atoms with Crippen molar-refractivity contribution in [2.24, 2.45) is 0 Å². The third-order valence-electron chi connectivity index (χ3n) is 2.96. The minimum Gasteiger partial charge on any atom is -0.493 e. The minimum absolute atomic E-state index is 0.479. The van der Waals surface area contributed by atoms with Gasteiger partial charge in [-0.2, -0.15) is 5.10 Å². The van der Waals surface area contributed by atoms with Crippen LogP contribution in [0, 0.1) is 0 Å². The molecule has 6 heteroatoms. The highest BCUT2D eigenvalue weighted by Crippen LogP contribution is 2.32. The van der Waals surface area contributed by atoms with E-state index in [0.717, 1.165) is 6.42 Å². The van der Waals surface area contributed by atoms with Gasteiger partial charge in [-0.3, -0.25) is 4.68 Å². The first-order valence-corrected chi connectivity index (χ1v) is 7.06. The Kier molecular flexibility index (Phi) is 4.91. The molecule has 0 aliphatic rings. The van der Waals surface area contributed by atoms with Gasteiger partial charge < -0.3 is 9.84 Å². The van der Waals surface area contributed by atoms with Crippen molar-refractivity contribution in [2.45, 2.75) is 26.0 Å². The first-order valence-electron chi connectivity index (χ1n) is 6.30. The molecule has 1 heterocycles. The van der Waals surface area contributed by atoms with Crippen LogP contribution in [0.2, 0.25) is 10.0 Å². The van der Waals surface area contributed by atoms with Crippen LogP contribution in [0.15, 0.2) is 24.4 Å². The number of methoxy groups -OCH3 is 1. The van der Waals surface area contributed by atoms with Gasteiger partial charge in [-0.15, -0.1) is 0 Å². The molecular formula is C14H16Cl2N2O2. The van der Waals surface area contributed by atoms with Crippen molar-refractivity contribution < 1.29 is 9.84 Å². The van der Waals surface area contributed by atoms with Crippen LogP contribution in [0.3, 0.4) is 0 Å². The van der Waals surface area contributed by atoms with Crippen molar-refractivity contribution in [3.8, 4) is 5.75 Å². The summed E-state index contributed by atoms with van der Waals surface area (Å²) < 4.78 is 7.00. The van der Waals surface area contributed by atoms with Crippen LogP contribution in [0.25, 0.3) is 0 Å². The van der Waals surface area contributed by atoms with Crippen LogP contribution in [0.1, 0.15) is 30.7 Å². The lowest BCUT2D eigenvalue weighted by molar-refractivity contribution is 0.202. The Morgan fingerprint density at radius 2 is 1.95 bits per heavy atom. The molecule has 2 aromatic rings. The normalized spacial score (nSPS) is 12.4. The van der Waals surface area contributed by atoms with Gasteiger partial charge in [-0.1, -0.05) is 30.1 Å². The van der Waals surface area contributed by atoms with E-state index in [4.69, 9.17) is 27.9 Å². The number of rotatable bonds is 5. The Labute approximate surface area is 127 Å². The lowest BCUT2D eigenvalue weighted by atomic mass is 10.1. The summed E-state index contributed by atoms with van der Waals surface area (Å²) in [5.74, 6) is 0.544. The SMILES string of the molecule is CCCn1ncc(OC)c1C(O)c1cc(Cl)cc(Cl)c1. The molecule has 1 aromatic carbocycles. The fourth-order valence-electron chi connectivity index (χ4n) is 2.09. The highest BCUT2D eigenvalue weighted by atomic mass is 35.5. The summed E-state index contributed by atoms with van der Waals surface area (Å²) in [5.41, 5.74) is 1.21. The number of aliphatic hydroxyl groups excluding tert-OH is 1. The predicted octanol–water partition coefficient (Wildman–Crippen LogP) is 3.69. The van der Waals surface area contributed by atoms with Gasteiger partial charge in [-0.25, -0.2) is 0 Å². The van der Waals surface area contributed by atoms with E-state index in [2.05, 4.69) is 5.10 Å². The number of aliphatic hydroxyl groups is 1. The maximum Gasteiger partial charge on any atom is 0.163 e. The van der Waals surface area contributed by atoms with Crippen molar-refractivity contribution in [2.75, 3.05) is 7.11 Å². The molecule has 4 nitrogen and oxygen atoms in total. The molecule has 1 unspecified atom stereocenters. The Bertz CT molecular complexity index is 579. The molecule has 0 bridgehead atoms. The molecule has 0 saturated carbocycles.